The van der Waals surface area contributed by atoms with Gasteiger partial charge < -0.3 is 24.4 Å². The van der Waals surface area contributed by atoms with E-state index in [-0.39, 0.29) is 36.8 Å². The number of rotatable bonds is 5. The molecule has 0 radical (unpaired) electrons. The van der Waals surface area contributed by atoms with Crippen molar-refractivity contribution < 1.29 is 19.0 Å². The number of carbonyl (C=O) groups excluding carboxylic acids is 1. The number of aromatic nitrogens is 1. The predicted molar refractivity (Wildman–Crippen MR) is 148 cm³/mol. The Morgan fingerprint density at radius 2 is 1.83 bits per heavy atom. The number of halogens is 3. The van der Waals surface area contributed by atoms with Crippen LogP contribution in [0.15, 0.2) is 60.9 Å². The van der Waals surface area contributed by atoms with Gasteiger partial charge in [-0.2, -0.15) is 0 Å². The lowest BCUT2D eigenvalue weighted by molar-refractivity contribution is -0.0334. The van der Waals surface area contributed by atoms with Crippen molar-refractivity contribution in [3.8, 4) is 16.2 Å². The van der Waals surface area contributed by atoms with Crippen LogP contribution in [0.3, 0.4) is 0 Å². The van der Waals surface area contributed by atoms with E-state index in [0.29, 0.717) is 35.3 Å². The summed E-state index contributed by atoms with van der Waals surface area (Å²) in [6.45, 7) is 5.67. The zero-order chi connectivity index (χ0) is 23.6. The number of nitrogens with zero attached hydrogens (tertiary/aromatic N) is 2. The molecule has 0 spiro atoms. The standard InChI is InChI=1S/C21H20ClN3O2S.C4H8O2.2ClH/c22-18-6-2-1-5-17(18)19-7-8-20(28-19)21(26)25-11-10-24-12-15(25)14-27-16-4-3-9-23-13-16;1-2-6-4-3-5-1;;/h1-9,13,15,24H,10-12,14H2;1-4H2;2*1H. The van der Waals surface area contributed by atoms with Crippen molar-refractivity contribution >= 4 is 53.7 Å². The summed E-state index contributed by atoms with van der Waals surface area (Å²) in [5.74, 6) is 0.738. The molecule has 0 saturated carbocycles. The number of pyridine rings is 1. The van der Waals surface area contributed by atoms with Crippen LogP contribution >= 0.6 is 47.8 Å². The fourth-order valence-corrected chi connectivity index (χ4v) is 4.94. The van der Waals surface area contributed by atoms with Crippen molar-refractivity contribution in [3.05, 3.63) is 70.8 Å². The summed E-state index contributed by atoms with van der Waals surface area (Å²) >= 11 is 7.77. The van der Waals surface area contributed by atoms with E-state index in [1.807, 2.05) is 53.4 Å². The van der Waals surface area contributed by atoms with Gasteiger partial charge >= 0.3 is 0 Å². The fourth-order valence-electron chi connectivity index (χ4n) is 3.64. The highest BCUT2D eigenvalue weighted by Gasteiger charge is 2.29. The first kappa shape index (κ1) is 30.3. The number of hydrogen-bond donors (Lipinski definition) is 1. The summed E-state index contributed by atoms with van der Waals surface area (Å²) in [6.07, 6.45) is 3.38. The number of ether oxygens (including phenoxy) is 3. The van der Waals surface area contributed by atoms with Crippen LogP contribution in [-0.4, -0.2) is 74.5 Å². The average molecular weight is 575 g/mol. The summed E-state index contributed by atoms with van der Waals surface area (Å²) in [4.78, 5) is 20.8. The highest BCUT2D eigenvalue weighted by Crippen LogP contribution is 2.33. The maximum Gasteiger partial charge on any atom is 0.264 e. The number of carbonyl (C=O) groups is 1. The van der Waals surface area contributed by atoms with E-state index in [9.17, 15) is 4.79 Å². The van der Waals surface area contributed by atoms with Gasteiger partial charge in [-0.15, -0.1) is 36.2 Å². The van der Waals surface area contributed by atoms with E-state index >= 15 is 0 Å². The van der Waals surface area contributed by atoms with Crippen LogP contribution in [0.1, 0.15) is 9.67 Å². The number of hydrogen-bond acceptors (Lipinski definition) is 7. The summed E-state index contributed by atoms with van der Waals surface area (Å²) in [5, 5.41) is 4.03. The molecule has 1 amide bonds. The maximum absolute atomic E-state index is 13.2. The van der Waals surface area contributed by atoms with Gasteiger partial charge in [-0.25, -0.2) is 0 Å². The smallest absolute Gasteiger partial charge is 0.264 e. The number of amides is 1. The first-order chi connectivity index (χ1) is 16.7. The third-order valence-electron chi connectivity index (χ3n) is 5.39. The summed E-state index contributed by atoms with van der Waals surface area (Å²) in [7, 11) is 0. The molecule has 7 nitrogen and oxygen atoms in total. The molecule has 1 aromatic carbocycles. The molecule has 2 aliphatic heterocycles. The molecular formula is C25H30Cl3N3O4S. The van der Waals surface area contributed by atoms with Crippen molar-refractivity contribution in [2.24, 2.45) is 0 Å². The van der Waals surface area contributed by atoms with Crippen LogP contribution in [0.5, 0.6) is 5.75 Å². The number of piperazine rings is 1. The molecule has 1 unspecified atom stereocenters. The molecule has 2 aliphatic rings. The van der Waals surface area contributed by atoms with Gasteiger partial charge in [0.2, 0.25) is 0 Å². The Labute approximate surface area is 232 Å². The summed E-state index contributed by atoms with van der Waals surface area (Å²) < 4.78 is 15.7. The van der Waals surface area contributed by atoms with Crippen LogP contribution in [0, 0.1) is 0 Å². The molecule has 1 atom stereocenters. The first-order valence-electron chi connectivity index (χ1n) is 11.3. The van der Waals surface area contributed by atoms with Crippen LogP contribution in [0.2, 0.25) is 5.02 Å². The van der Waals surface area contributed by atoms with Gasteiger partial charge in [0, 0.05) is 41.3 Å². The summed E-state index contributed by atoms with van der Waals surface area (Å²) in [6, 6.07) is 15.2. The Balaban J connectivity index is 0.000000503. The van der Waals surface area contributed by atoms with Crippen molar-refractivity contribution in [2.75, 3.05) is 52.7 Å². The van der Waals surface area contributed by atoms with Crippen molar-refractivity contribution in [2.45, 2.75) is 6.04 Å². The molecule has 5 rings (SSSR count). The molecule has 2 saturated heterocycles. The second-order valence-corrected chi connectivity index (χ2v) is 9.22. The largest absolute Gasteiger partial charge is 0.490 e. The van der Waals surface area contributed by atoms with E-state index in [4.69, 9.17) is 25.8 Å². The highest BCUT2D eigenvalue weighted by molar-refractivity contribution is 7.17. The lowest BCUT2D eigenvalue weighted by atomic mass is 10.2. The Kier molecular flexibility index (Phi) is 13.5. The molecular weight excluding hydrogens is 545 g/mol. The maximum atomic E-state index is 13.2. The van der Waals surface area contributed by atoms with E-state index in [2.05, 4.69) is 10.3 Å². The van der Waals surface area contributed by atoms with Gasteiger partial charge in [-0.05, 0) is 30.3 Å². The fraction of sp³-hybridized carbons (Fsp3) is 0.360. The van der Waals surface area contributed by atoms with E-state index in [1.54, 1.807) is 12.4 Å². The van der Waals surface area contributed by atoms with Crippen molar-refractivity contribution in [1.29, 1.82) is 0 Å². The van der Waals surface area contributed by atoms with Crippen LogP contribution < -0.4 is 10.1 Å². The molecule has 2 aromatic heterocycles. The molecule has 196 valence electrons. The Bertz CT molecular complexity index is 1040. The van der Waals surface area contributed by atoms with Gasteiger partial charge in [0.15, 0.2) is 0 Å². The second kappa shape index (κ2) is 16.0. The summed E-state index contributed by atoms with van der Waals surface area (Å²) in [5.41, 5.74) is 0.949. The van der Waals surface area contributed by atoms with Gasteiger partial charge in [0.05, 0.1) is 43.5 Å². The average Bonchev–Trinajstić information content (AvgIpc) is 3.40. The molecule has 1 N–H and O–H groups in total. The van der Waals surface area contributed by atoms with Crippen molar-refractivity contribution in [3.63, 3.8) is 0 Å². The Morgan fingerprint density at radius 1 is 1.08 bits per heavy atom. The third-order valence-corrected chi connectivity index (χ3v) is 6.82. The van der Waals surface area contributed by atoms with Gasteiger partial charge in [0.25, 0.3) is 5.91 Å². The highest BCUT2D eigenvalue weighted by atomic mass is 35.5. The molecule has 3 aromatic rings. The lowest BCUT2D eigenvalue weighted by Crippen LogP contribution is -2.55. The van der Waals surface area contributed by atoms with E-state index < -0.39 is 0 Å². The van der Waals surface area contributed by atoms with Gasteiger partial charge in [-0.1, -0.05) is 29.8 Å². The van der Waals surface area contributed by atoms with E-state index in [0.717, 1.165) is 43.4 Å². The monoisotopic (exact) mass is 573 g/mol. The molecule has 0 aliphatic carbocycles. The topological polar surface area (TPSA) is 72.9 Å². The quantitative estimate of drug-likeness (QED) is 0.471. The van der Waals surface area contributed by atoms with Crippen LogP contribution in [-0.2, 0) is 9.47 Å². The molecule has 4 heterocycles. The first-order valence-corrected chi connectivity index (χ1v) is 12.5. The molecule has 36 heavy (non-hydrogen) atoms. The Hall–Kier alpha value is -1.91. The molecule has 2 fully saturated rings. The predicted octanol–water partition coefficient (Wildman–Crippen LogP) is 4.83. The number of thiophene rings is 1. The van der Waals surface area contributed by atoms with Crippen molar-refractivity contribution in [1.82, 2.24) is 15.2 Å². The Morgan fingerprint density at radius 3 is 2.50 bits per heavy atom. The molecule has 11 heteroatoms. The zero-order valence-corrected chi connectivity index (χ0v) is 22.8. The van der Waals surface area contributed by atoms with Crippen LogP contribution in [0.4, 0.5) is 0 Å². The minimum atomic E-state index is -0.0349. The number of nitrogens with one attached hydrogen (secondary N) is 1. The number of benzene rings is 1. The lowest BCUT2D eigenvalue weighted by Gasteiger charge is -2.35. The zero-order valence-electron chi connectivity index (χ0n) is 19.6. The van der Waals surface area contributed by atoms with Crippen LogP contribution in [0.25, 0.3) is 10.4 Å². The second-order valence-electron chi connectivity index (χ2n) is 7.72. The minimum absolute atomic E-state index is 0. The third kappa shape index (κ3) is 8.59. The molecule has 0 bridgehead atoms. The van der Waals surface area contributed by atoms with E-state index in [1.165, 1.54) is 11.3 Å². The minimum Gasteiger partial charge on any atom is -0.490 e. The SMILES string of the molecule is C1COCCO1.Cl.Cl.O=C(c1ccc(-c2ccccc2Cl)s1)N1CCNCC1COc1cccnc1. The normalized spacial score (nSPS) is 17.0. The van der Waals surface area contributed by atoms with Gasteiger partial charge in [0.1, 0.15) is 12.4 Å². The van der Waals surface area contributed by atoms with Gasteiger partial charge in [-0.3, -0.25) is 9.78 Å².